The highest BCUT2D eigenvalue weighted by molar-refractivity contribution is 6.58. The quantitative estimate of drug-likeness (QED) is 0.439. The molecule has 1 aromatic carbocycles. The minimum absolute atomic E-state index is 0.0321. The first-order chi connectivity index (χ1) is 14.7. The van der Waals surface area contributed by atoms with Crippen LogP contribution in [0.5, 0.6) is 5.75 Å². The predicted molar refractivity (Wildman–Crippen MR) is 126 cm³/mol. The molecule has 0 atom stereocenters. The topological polar surface area (TPSA) is 77.6 Å². The molecule has 11 heteroatoms. The molecule has 0 saturated heterocycles. The Hall–Kier alpha value is -3.49. The highest BCUT2D eigenvalue weighted by atomic mass is 19.1. The number of fused-ring (bicyclic) bond motifs is 3. The van der Waals surface area contributed by atoms with Gasteiger partial charge in [0.15, 0.2) is 0 Å². The summed E-state index contributed by atoms with van der Waals surface area (Å²) in [6, 6.07) is 11.1. The number of carbonyl (C=O) groups excluding carboxylic acids is 1. The molecule has 1 N–H and O–H groups in total. The van der Waals surface area contributed by atoms with Crippen LogP contribution in [-0.4, -0.2) is 48.7 Å². The fourth-order valence-electron chi connectivity index (χ4n) is 3.44. The van der Waals surface area contributed by atoms with Crippen LogP contribution in [0.4, 0.5) is 10.2 Å². The van der Waals surface area contributed by atoms with Gasteiger partial charge in [0.25, 0.3) is 5.56 Å². The molecule has 0 aliphatic heterocycles. The molecule has 0 saturated carbocycles. The van der Waals surface area contributed by atoms with E-state index in [1.807, 2.05) is 23.5 Å². The smallest absolute Gasteiger partial charge is 0.275 e. The molecule has 0 spiro atoms. The summed E-state index contributed by atoms with van der Waals surface area (Å²) in [6.45, 7) is 0.109. The first-order valence-electron chi connectivity index (χ1n) is 9.95. The van der Waals surface area contributed by atoms with E-state index in [1.165, 1.54) is 16.7 Å². The Morgan fingerprint density at radius 3 is 2.65 bits per heavy atom. The van der Waals surface area contributed by atoms with Gasteiger partial charge < -0.3 is 19.0 Å². The fourth-order valence-corrected chi connectivity index (χ4v) is 3.44. The summed E-state index contributed by atoms with van der Waals surface area (Å²) in [5.74, 6) is 0.240. The van der Waals surface area contributed by atoms with E-state index in [-0.39, 0.29) is 29.7 Å². The van der Waals surface area contributed by atoms with Crippen molar-refractivity contribution >= 4 is 51.8 Å². The number of ether oxygens (including phenoxy) is 1. The molecule has 3 heterocycles. The van der Waals surface area contributed by atoms with Crippen molar-refractivity contribution in [2.24, 2.45) is 0 Å². The summed E-state index contributed by atoms with van der Waals surface area (Å²) in [5.41, 5.74) is 1.31. The third-order valence-corrected chi connectivity index (χ3v) is 4.69. The number of aryl methyl sites for hydroxylation is 1. The van der Waals surface area contributed by atoms with Crippen LogP contribution >= 0.6 is 0 Å². The van der Waals surface area contributed by atoms with E-state index >= 15 is 0 Å². The molecule has 4 rings (SSSR count). The van der Waals surface area contributed by atoms with E-state index < -0.39 is 5.82 Å². The molecule has 0 unspecified atom stereocenters. The highest BCUT2D eigenvalue weighted by Gasteiger charge is 2.14. The zero-order valence-corrected chi connectivity index (χ0v) is 17.6. The number of aromatic nitrogens is 3. The lowest BCUT2D eigenvalue weighted by Gasteiger charge is -2.21. The summed E-state index contributed by atoms with van der Waals surface area (Å²) < 4.78 is 22.7. The van der Waals surface area contributed by atoms with Crippen LogP contribution in [0.1, 0.15) is 6.42 Å². The van der Waals surface area contributed by atoms with Crippen molar-refractivity contribution in [1.82, 2.24) is 14.0 Å². The second-order valence-corrected chi connectivity index (χ2v) is 8.25. The van der Waals surface area contributed by atoms with Gasteiger partial charge in [-0.3, -0.25) is 9.59 Å². The summed E-state index contributed by atoms with van der Waals surface area (Å²) in [4.78, 5) is 29.5. The van der Waals surface area contributed by atoms with Gasteiger partial charge in [-0.2, -0.15) is 0 Å². The van der Waals surface area contributed by atoms with Gasteiger partial charge in [-0.1, -0.05) is 0 Å². The van der Waals surface area contributed by atoms with Gasteiger partial charge in [-0.15, -0.1) is 0 Å². The lowest BCUT2D eigenvalue weighted by molar-refractivity contribution is -0.116. The first kappa shape index (κ1) is 20.8. The van der Waals surface area contributed by atoms with Gasteiger partial charge in [0, 0.05) is 24.5 Å². The monoisotopic (exact) mass is 416 g/mol. The Morgan fingerprint density at radius 2 is 1.94 bits per heavy atom. The maximum absolute atomic E-state index is 13.9. The van der Waals surface area contributed by atoms with Gasteiger partial charge in [0.05, 0.1) is 17.2 Å². The Balaban J connectivity index is 1.52. The van der Waals surface area contributed by atoms with Gasteiger partial charge in [0.2, 0.25) is 5.91 Å². The number of carbonyl (C=O) groups is 1. The number of pyridine rings is 1. The van der Waals surface area contributed by atoms with Gasteiger partial charge >= 0.3 is 0 Å². The largest absolute Gasteiger partial charge is 0.512 e. The normalized spacial score (nSPS) is 11.6. The summed E-state index contributed by atoms with van der Waals surface area (Å²) in [5, 5.41) is 2.37. The second kappa shape index (κ2) is 7.98. The van der Waals surface area contributed by atoms with Crippen LogP contribution in [0.3, 0.4) is 0 Å². The molecule has 3 aromatic heterocycles. The fraction of sp³-hybridized carbons (Fsp3) is 0.150. The first-order valence-corrected chi connectivity index (χ1v) is 9.95. The lowest BCUT2D eigenvalue weighted by atomic mass is 9.52. The molecule has 0 bridgehead atoms. The van der Waals surface area contributed by atoms with Crippen LogP contribution in [0, 0.1) is 5.82 Å². The van der Waals surface area contributed by atoms with Crippen molar-refractivity contribution in [2.75, 3.05) is 5.32 Å². The molecule has 0 aliphatic rings. The van der Waals surface area contributed by atoms with Gasteiger partial charge in [-0.05, 0) is 42.5 Å². The number of nitrogens with zero attached hydrogens (tertiary/aromatic N) is 3. The zero-order chi connectivity index (χ0) is 22.2. The molecular weight excluding hydrogens is 396 g/mol. The van der Waals surface area contributed by atoms with Gasteiger partial charge in [-0.25, -0.2) is 9.37 Å². The highest BCUT2D eigenvalue weighted by Crippen LogP contribution is 2.18. The minimum Gasteiger partial charge on any atom is -0.512 e. The zero-order valence-electron chi connectivity index (χ0n) is 17.6. The average Bonchev–Trinajstić information content (AvgIpc) is 3.18. The SMILES string of the molecule is BC(B)(B)Oc1ccc(NC(=O)CCn2c(=O)c3cccn3c3ccc(F)cc32)nc1. The Morgan fingerprint density at radius 1 is 1.13 bits per heavy atom. The minimum atomic E-state index is -0.446. The van der Waals surface area contributed by atoms with Crippen LogP contribution < -0.4 is 15.6 Å². The number of nitrogens with one attached hydrogen (secondary N) is 1. The molecule has 154 valence electrons. The van der Waals surface area contributed by atoms with Crippen molar-refractivity contribution < 1.29 is 13.9 Å². The summed E-state index contributed by atoms with van der Waals surface area (Å²) >= 11 is 0. The van der Waals surface area contributed by atoms with Gasteiger partial charge in [0.1, 0.15) is 46.4 Å². The van der Waals surface area contributed by atoms with Crippen molar-refractivity contribution in [1.29, 1.82) is 0 Å². The van der Waals surface area contributed by atoms with Crippen LogP contribution in [0.2, 0.25) is 0 Å². The molecule has 0 radical (unpaired) electrons. The van der Waals surface area contributed by atoms with Crippen LogP contribution in [0.15, 0.2) is 59.7 Å². The third kappa shape index (κ3) is 4.50. The van der Waals surface area contributed by atoms with E-state index in [4.69, 9.17) is 4.74 Å². The molecule has 0 fully saturated rings. The summed E-state index contributed by atoms with van der Waals surface area (Å²) in [7, 11) is 5.81. The van der Waals surface area contributed by atoms with E-state index in [1.54, 1.807) is 47.1 Å². The van der Waals surface area contributed by atoms with E-state index in [0.29, 0.717) is 28.1 Å². The van der Waals surface area contributed by atoms with E-state index in [2.05, 4.69) is 10.3 Å². The number of anilines is 1. The van der Waals surface area contributed by atoms with Crippen molar-refractivity contribution in [3.8, 4) is 5.75 Å². The number of benzene rings is 1. The maximum Gasteiger partial charge on any atom is 0.275 e. The lowest BCUT2D eigenvalue weighted by Crippen LogP contribution is -2.37. The second-order valence-electron chi connectivity index (χ2n) is 8.25. The van der Waals surface area contributed by atoms with E-state index in [9.17, 15) is 14.0 Å². The van der Waals surface area contributed by atoms with Crippen LogP contribution in [-0.2, 0) is 11.3 Å². The average molecular weight is 416 g/mol. The van der Waals surface area contributed by atoms with Crippen molar-refractivity contribution in [3.63, 3.8) is 0 Å². The predicted octanol–water partition coefficient (Wildman–Crippen LogP) is -0.294. The molecule has 4 aromatic rings. The molecule has 1 amide bonds. The Kier molecular flexibility index (Phi) is 5.35. The van der Waals surface area contributed by atoms with E-state index in [0.717, 1.165) is 0 Å². The Bertz CT molecular complexity index is 1330. The van der Waals surface area contributed by atoms with Crippen molar-refractivity contribution in [3.05, 3.63) is 71.0 Å². The maximum atomic E-state index is 13.9. The number of hydrogen-bond acceptors (Lipinski definition) is 4. The number of rotatable bonds is 6. The standard InChI is InChI=1S/C20H20B3FN4O3/c21-20(22,23)31-13-4-6-17(25-11-13)26-18(29)7-9-28-16-10-12(24)3-5-14(16)27-8-1-2-15(27)19(28)30/h1-6,8,10-11H,7,9,21-23H2,(H,25,26,29). The molecular formula is C20H20B3FN4O3. The Labute approximate surface area is 180 Å². The summed E-state index contributed by atoms with van der Waals surface area (Å²) in [6.07, 6.45) is 3.33. The molecule has 0 aliphatic carbocycles. The molecule has 31 heavy (non-hydrogen) atoms. The van der Waals surface area contributed by atoms with Crippen LogP contribution in [0.25, 0.3) is 16.6 Å². The number of halogens is 1. The third-order valence-electron chi connectivity index (χ3n) is 4.69. The number of hydrogen-bond donors (Lipinski definition) is 1. The molecule has 7 nitrogen and oxygen atoms in total. The number of amides is 1. The van der Waals surface area contributed by atoms with Crippen molar-refractivity contribution in [2.45, 2.75) is 18.3 Å².